The lowest BCUT2D eigenvalue weighted by molar-refractivity contribution is -0.120. The Hall–Kier alpha value is -1.58. The number of nitrogens with one attached hydrogen (secondary N) is 2. The lowest BCUT2D eigenvalue weighted by atomic mass is 10.2. The summed E-state index contributed by atoms with van der Waals surface area (Å²) in [5, 5.41) is 5.85. The molecule has 0 spiro atoms. The van der Waals surface area contributed by atoms with Crippen molar-refractivity contribution in [1.82, 2.24) is 10.3 Å². The Balaban J connectivity index is 2.55. The van der Waals surface area contributed by atoms with Crippen LogP contribution in [-0.2, 0) is 4.79 Å². The fourth-order valence-corrected chi connectivity index (χ4v) is 1.31. The SMILES string of the molecule is CNC(=O)CC(C)Nc1cnccc1C. The fraction of sp³-hybridized carbons (Fsp3) is 0.455. The van der Waals surface area contributed by atoms with Crippen LogP contribution in [0.25, 0.3) is 0 Å². The first-order valence-corrected chi connectivity index (χ1v) is 5.01. The van der Waals surface area contributed by atoms with Crippen molar-refractivity contribution >= 4 is 11.6 Å². The van der Waals surface area contributed by atoms with Crippen LogP contribution >= 0.6 is 0 Å². The van der Waals surface area contributed by atoms with Crippen LogP contribution in [0.2, 0.25) is 0 Å². The highest BCUT2D eigenvalue weighted by atomic mass is 16.1. The Morgan fingerprint density at radius 3 is 2.93 bits per heavy atom. The van der Waals surface area contributed by atoms with Crippen molar-refractivity contribution in [3.05, 3.63) is 24.0 Å². The van der Waals surface area contributed by atoms with Crippen LogP contribution in [0.5, 0.6) is 0 Å². The quantitative estimate of drug-likeness (QED) is 0.783. The molecule has 1 atom stereocenters. The Kier molecular flexibility index (Phi) is 4.09. The summed E-state index contributed by atoms with van der Waals surface area (Å²) >= 11 is 0. The number of pyridine rings is 1. The third-order valence-electron chi connectivity index (χ3n) is 2.21. The summed E-state index contributed by atoms with van der Waals surface area (Å²) in [5.41, 5.74) is 2.11. The van der Waals surface area contributed by atoms with Gasteiger partial charge in [-0.15, -0.1) is 0 Å². The first-order valence-electron chi connectivity index (χ1n) is 5.01. The summed E-state index contributed by atoms with van der Waals surface area (Å²) in [4.78, 5) is 15.2. The van der Waals surface area contributed by atoms with Gasteiger partial charge in [-0.3, -0.25) is 9.78 Å². The largest absolute Gasteiger partial charge is 0.381 e. The molecular formula is C11H17N3O. The number of aromatic nitrogens is 1. The van der Waals surface area contributed by atoms with E-state index in [0.717, 1.165) is 11.3 Å². The average Bonchev–Trinajstić information content (AvgIpc) is 2.21. The Morgan fingerprint density at radius 1 is 1.60 bits per heavy atom. The van der Waals surface area contributed by atoms with Crippen LogP contribution in [0, 0.1) is 6.92 Å². The van der Waals surface area contributed by atoms with Crippen molar-refractivity contribution in [2.24, 2.45) is 0 Å². The number of carbonyl (C=O) groups is 1. The third-order valence-corrected chi connectivity index (χ3v) is 2.21. The molecule has 0 aliphatic carbocycles. The second-order valence-corrected chi connectivity index (χ2v) is 3.61. The summed E-state index contributed by atoms with van der Waals surface area (Å²) in [5.74, 6) is 0.0385. The molecule has 0 bridgehead atoms. The van der Waals surface area contributed by atoms with E-state index in [0.29, 0.717) is 6.42 Å². The lowest BCUT2D eigenvalue weighted by Gasteiger charge is -2.15. The van der Waals surface area contributed by atoms with Crippen LogP contribution in [0.4, 0.5) is 5.69 Å². The minimum atomic E-state index is 0.0385. The first kappa shape index (κ1) is 11.5. The predicted octanol–water partition coefficient (Wildman–Crippen LogP) is 1.33. The molecule has 0 saturated heterocycles. The van der Waals surface area contributed by atoms with Crippen LogP contribution in [0.1, 0.15) is 18.9 Å². The van der Waals surface area contributed by atoms with Gasteiger partial charge in [0.05, 0.1) is 11.9 Å². The highest BCUT2D eigenvalue weighted by Gasteiger charge is 2.08. The van der Waals surface area contributed by atoms with E-state index in [2.05, 4.69) is 15.6 Å². The van der Waals surface area contributed by atoms with Gasteiger partial charge in [-0.05, 0) is 25.5 Å². The number of hydrogen-bond acceptors (Lipinski definition) is 3. The molecule has 0 fully saturated rings. The van der Waals surface area contributed by atoms with Crippen molar-refractivity contribution in [3.63, 3.8) is 0 Å². The Bertz CT molecular complexity index is 338. The second-order valence-electron chi connectivity index (χ2n) is 3.61. The maximum Gasteiger partial charge on any atom is 0.221 e. The number of amides is 1. The van der Waals surface area contributed by atoms with Gasteiger partial charge in [-0.2, -0.15) is 0 Å². The van der Waals surface area contributed by atoms with Gasteiger partial charge in [0, 0.05) is 25.7 Å². The van der Waals surface area contributed by atoms with Gasteiger partial charge in [-0.1, -0.05) is 0 Å². The summed E-state index contributed by atoms with van der Waals surface area (Å²) < 4.78 is 0. The van der Waals surface area contributed by atoms with Crippen molar-refractivity contribution < 1.29 is 4.79 Å². The van der Waals surface area contributed by atoms with Crippen molar-refractivity contribution in [2.75, 3.05) is 12.4 Å². The molecule has 4 nitrogen and oxygen atoms in total. The molecular weight excluding hydrogens is 190 g/mol. The van der Waals surface area contributed by atoms with Gasteiger partial charge >= 0.3 is 0 Å². The topological polar surface area (TPSA) is 54.0 Å². The number of carbonyl (C=O) groups excluding carboxylic acids is 1. The fourth-order valence-electron chi connectivity index (χ4n) is 1.31. The molecule has 1 aromatic heterocycles. The summed E-state index contributed by atoms with van der Waals surface area (Å²) in [6.45, 7) is 3.98. The molecule has 0 aromatic carbocycles. The number of nitrogens with zero attached hydrogens (tertiary/aromatic N) is 1. The number of rotatable bonds is 4. The van der Waals surface area contributed by atoms with Crippen molar-refractivity contribution in [1.29, 1.82) is 0 Å². The molecule has 4 heteroatoms. The third kappa shape index (κ3) is 3.58. The van der Waals surface area contributed by atoms with E-state index in [9.17, 15) is 4.79 Å². The van der Waals surface area contributed by atoms with Gasteiger partial charge in [0.1, 0.15) is 0 Å². The molecule has 1 heterocycles. The second kappa shape index (κ2) is 5.34. The average molecular weight is 207 g/mol. The number of aryl methyl sites for hydroxylation is 1. The summed E-state index contributed by atoms with van der Waals surface area (Å²) in [7, 11) is 1.64. The van der Waals surface area contributed by atoms with E-state index in [1.165, 1.54) is 0 Å². The molecule has 1 unspecified atom stereocenters. The smallest absolute Gasteiger partial charge is 0.221 e. The highest BCUT2D eigenvalue weighted by Crippen LogP contribution is 2.13. The lowest BCUT2D eigenvalue weighted by Crippen LogP contribution is -2.27. The predicted molar refractivity (Wildman–Crippen MR) is 60.7 cm³/mol. The molecule has 2 N–H and O–H groups in total. The summed E-state index contributed by atoms with van der Waals surface area (Å²) in [6.07, 6.45) is 3.99. The van der Waals surface area contributed by atoms with E-state index < -0.39 is 0 Å². The minimum Gasteiger partial charge on any atom is -0.381 e. The van der Waals surface area contributed by atoms with Crippen LogP contribution in [0.15, 0.2) is 18.5 Å². The molecule has 1 aromatic rings. The highest BCUT2D eigenvalue weighted by molar-refractivity contribution is 5.76. The zero-order valence-electron chi connectivity index (χ0n) is 9.37. The van der Waals surface area contributed by atoms with Gasteiger partial charge in [0.15, 0.2) is 0 Å². The Labute approximate surface area is 90.1 Å². The Morgan fingerprint density at radius 2 is 2.33 bits per heavy atom. The molecule has 1 rings (SSSR count). The first-order chi connectivity index (χ1) is 7.13. The maximum atomic E-state index is 11.1. The van der Waals surface area contributed by atoms with E-state index in [4.69, 9.17) is 0 Å². The molecule has 1 amide bonds. The maximum absolute atomic E-state index is 11.1. The minimum absolute atomic E-state index is 0.0385. The molecule has 0 aliphatic heterocycles. The zero-order chi connectivity index (χ0) is 11.3. The van der Waals surface area contributed by atoms with Gasteiger partial charge in [0.25, 0.3) is 0 Å². The van der Waals surface area contributed by atoms with Gasteiger partial charge in [0.2, 0.25) is 5.91 Å². The van der Waals surface area contributed by atoms with Crippen LogP contribution < -0.4 is 10.6 Å². The number of hydrogen-bond donors (Lipinski definition) is 2. The standard InChI is InChI=1S/C11H17N3O/c1-8-4-5-13-7-10(8)14-9(2)6-11(15)12-3/h4-5,7,9,14H,6H2,1-3H3,(H,12,15). The molecule has 0 aliphatic rings. The summed E-state index contributed by atoms with van der Waals surface area (Å²) in [6, 6.07) is 2.04. The van der Waals surface area contributed by atoms with E-state index in [-0.39, 0.29) is 11.9 Å². The molecule has 82 valence electrons. The van der Waals surface area contributed by atoms with E-state index in [1.54, 1.807) is 19.4 Å². The van der Waals surface area contributed by atoms with Gasteiger partial charge < -0.3 is 10.6 Å². The number of anilines is 1. The normalized spacial score (nSPS) is 11.9. The van der Waals surface area contributed by atoms with Crippen molar-refractivity contribution in [2.45, 2.75) is 26.3 Å². The zero-order valence-corrected chi connectivity index (χ0v) is 9.37. The molecule has 0 saturated carbocycles. The van der Waals surface area contributed by atoms with Crippen molar-refractivity contribution in [3.8, 4) is 0 Å². The monoisotopic (exact) mass is 207 g/mol. The van der Waals surface area contributed by atoms with Crippen LogP contribution in [-0.4, -0.2) is 24.0 Å². The van der Waals surface area contributed by atoms with Gasteiger partial charge in [-0.25, -0.2) is 0 Å². The molecule has 0 radical (unpaired) electrons. The molecule has 15 heavy (non-hydrogen) atoms. The van der Waals surface area contributed by atoms with Crippen LogP contribution in [0.3, 0.4) is 0 Å². The van der Waals surface area contributed by atoms with E-state index >= 15 is 0 Å². The van der Waals surface area contributed by atoms with E-state index in [1.807, 2.05) is 19.9 Å².